The van der Waals surface area contributed by atoms with Crippen LogP contribution in [-0.4, -0.2) is 40.8 Å². The van der Waals surface area contributed by atoms with Gasteiger partial charge >= 0.3 is 11.9 Å². The first-order valence-electron chi connectivity index (χ1n) is 12.3. The fourth-order valence-corrected chi connectivity index (χ4v) is 6.36. The van der Waals surface area contributed by atoms with Gasteiger partial charge in [-0.3, -0.25) is 14.4 Å². The second kappa shape index (κ2) is 8.92. The summed E-state index contributed by atoms with van der Waals surface area (Å²) >= 11 is 0. The minimum Gasteiger partial charge on any atom is -0.458 e. The Balaban J connectivity index is 1.50. The van der Waals surface area contributed by atoms with E-state index in [2.05, 4.69) is 0 Å². The van der Waals surface area contributed by atoms with Gasteiger partial charge in [0.25, 0.3) is 0 Å². The topological polar surface area (TPSA) is 107 Å². The highest BCUT2D eigenvalue weighted by molar-refractivity contribution is 6.12. The summed E-state index contributed by atoms with van der Waals surface area (Å²) < 4.78 is 10.4. The molecule has 37 heavy (non-hydrogen) atoms. The molecular weight excluding hydrogens is 472 g/mol. The van der Waals surface area contributed by atoms with Gasteiger partial charge in [0.05, 0.1) is 5.56 Å². The summed E-state index contributed by atoms with van der Waals surface area (Å²) in [4.78, 5) is 50.4. The van der Waals surface area contributed by atoms with Crippen LogP contribution in [0.3, 0.4) is 0 Å². The number of carbonyl (C=O) groups excluding carboxylic acids is 4. The molecular formula is C30H28O7. The Hall–Kier alpha value is -3.84. The number of benzene rings is 3. The Morgan fingerprint density at radius 2 is 1.78 bits per heavy atom. The quantitative estimate of drug-likeness (QED) is 0.402. The average Bonchev–Trinajstić information content (AvgIpc) is 3.08. The molecule has 1 saturated carbocycles. The van der Waals surface area contributed by atoms with E-state index in [9.17, 15) is 24.3 Å². The number of ketones is 2. The SMILES string of the molecule is CC(=O)OCC(=O)[C@@]1(O)[C@H](C)C[C@H]2c3ccc4cc(OC(=O)c5ccccc5)ccc4c3C(=O)C[C@@]21C. The van der Waals surface area contributed by atoms with Crippen molar-refractivity contribution >= 4 is 34.3 Å². The molecule has 2 aliphatic carbocycles. The first-order chi connectivity index (χ1) is 17.6. The van der Waals surface area contributed by atoms with Crippen molar-refractivity contribution in [1.29, 1.82) is 0 Å². The van der Waals surface area contributed by atoms with E-state index in [0.29, 0.717) is 23.3 Å². The summed E-state index contributed by atoms with van der Waals surface area (Å²) in [6.07, 6.45) is 0.499. The van der Waals surface area contributed by atoms with Crippen molar-refractivity contribution in [3.63, 3.8) is 0 Å². The van der Waals surface area contributed by atoms with E-state index in [1.165, 1.54) is 6.92 Å². The van der Waals surface area contributed by atoms with Gasteiger partial charge < -0.3 is 14.6 Å². The second-order valence-electron chi connectivity index (χ2n) is 10.3. The van der Waals surface area contributed by atoms with Crippen LogP contribution < -0.4 is 4.74 Å². The Kier molecular flexibility index (Phi) is 5.99. The summed E-state index contributed by atoms with van der Waals surface area (Å²) in [6, 6.07) is 17.6. The Labute approximate surface area is 214 Å². The summed E-state index contributed by atoms with van der Waals surface area (Å²) in [5, 5.41) is 13.2. The molecule has 0 aromatic heterocycles. The number of Topliss-reactive ketones (excluding diaryl/α,β-unsaturated/α-hetero) is 2. The van der Waals surface area contributed by atoms with Crippen LogP contribution in [0.25, 0.3) is 10.8 Å². The molecule has 0 heterocycles. The van der Waals surface area contributed by atoms with Gasteiger partial charge in [-0.05, 0) is 64.9 Å². The lowest BCUT2D eigenvalue weighted by Crippen LogP contribution is -2.57. The highest BCUT2D eigenvalue weighted by Crippen LogP contribution is 2.63. The average molecular weight is 501 g/mol. The van der Waals surface area contributed by atoms with Crippen molar-refractivity contribution in [2.75, 3.05) is 6.61 Å². The number of carbonyl (C=O) groups is 4. The first-order valence-corrected chi connectivity index (χ1v) is 12.3. The predicted molar refractivity (Wildman–Crippen MR) is 136 cm³/mol. The van der Waals surface area contributed by atoms with Gasteiger partial charge in [0, 0.05) is 24.3 Å². The van der Waals surface area contributed by atoms with Crippen LogP contribution in [0.1, 0.15) is 65.8 Å². The van der Waals surface area contributed by atoms with Crippen LogP contribution in [0, 0.1) is 11.3 Å². The third-order valence-electron chi connectivity index (χ3n) is 8.20. The smallest absolute Gasteiger partial charge is 0.343 e. The maximum Gasteiger partial charge on any atom is 0.343 e. The molecule has 1 N–H and O–H groups in total. The van der Waals surface area contributed by atoms with E-state index in [1.807, 2.05) is 18.2 Å². The summed E-state index contributed by atoms with van der Waals surface area (Å²) in [6.45, 7) is 4.26. The van der Waals surface area contributed by atoms with Crippen LogP contribution in [0.5, 0.6) is 5.75 Å². The van der Waals surface area contributed by atoms with Crippen molar-refractivity contribution < 1.29 is 33.8 Å². The van der Waals surface area contributed by atoms with Crippen molar-refractivity contribution in [2.45, 2.75) is 45.1 Å². The number of esters is 2. The number of ether oxygens (including phenoxy) is 2. The maximum absolute atomic E-state index is 13.6. The molecule has 0 bridgehead atoms. The zero-order valence-electron chi connectivity index (χ0n) is 20.9. The molecule has 3 aromatic rings. The van der Waals surface area contributed by atoms with Gasteiger partial charge in [0.2, 0.25) is 5.78 Å². The third kappa shape index (κ3) is 3.85. The minimum absolute atomic E-state index is 0.0127. The lowest BCUT2D eigenvalue weighted by atomic mass is 9.59. The molecule has 0 spiro atoms. The second-order valence-corrected chi connectivity index (χ2v) is 10.3. The lowest BCUT2D eigenvalue weighted by molar-refractivity contribution is -0.164. The summed E-state index contributed by atoms with van der Waals surface area (Å²) in [5.41, 5.74) is -1.03. The number of rotatable bonds is 5. The molecule has 190 valence electrons. The van der Waals surface area contributed by atoms with Crippen molar-refractivity contribution in [3.8, 4) is 5.75 Å². The minimum atomic E-state index is -1.80. The molecule has 1 fully saturated rings. The van der Waals surface area contributed by atoms with Gasteiger partial charge in [0.1, 0.15) is 11.4 Å². The van der Waals surface area contributed by atoms with Gasteiger partial charge in [-0.25, -0.2) is 4.79 Å². The molecule has 2 aliphatic rings. The van der Waals surface area contributed by atoms with Crippen molar-refractivity contribution in [2.24, 2.45) is 11.3 Å². The standard InChI is InChI=1S/C30H28O7/c1-17-13-24-23-11-9-20-14-21(37-28(34)19-7-5-4-6-8-19)10-12-22(20)27(23)25(32)15-29(24,3)30(17,35)26(33)16-36-18(2)31/h4-12,14,17,24,35H,13,15-16H2,1-3H3/t17-,24+,29+,30+/m1/s1. The third-order valence-corrected chi connectivity index (χ3v) is 8.20. The molecule has 0 saturated heterocycles. The fourth-order valence-electron chi connectivity index (χ4n) is 6.36. The highest BCUT2D eigenvalue weighted by Gasteiger charge is 2.66. The Morgan fingerprint density at radius 3 is 2.49 bits per heavy atom. The van der Waals surface area contributed by atoms with Gasteiger partial charge in [-0.15, -0.1) is 0 Å². The molecule has 4 atom stereocenters. The molecule has 0 aliphatic heterocycles. The normalized spacial score (nSPS) is 26.3. The van der Waals surface area contributed by atoms with Crippen molar-refractivity contribution in [3.05, 3.63) is 77.4 Å². The lowest BCUT2D eigenvalue weighted by Gasteiger charge is -2.45. The van der Waals surface area contributed by atoms with E-state index in [0.717, 1.165) is 16.3 Å². The number of hydrogen-bond donors (Lipinski definition) is 1. The van der Waals surface area contributed by atoms with E-state index in [1.54, 1.807) is 56.3 Å². The van der Waals surface area contributed by atoms with Crippen LogP contribution in [-0.2, 0) is 14.3 Å². The zero-order chi connectivity index (χ0) is 26.5. The zero-order valence-corrected chi connectivity index (χ0v) is 20.9. The first kappa shape index (κ1) is 24.8. The van der Waals surface area contributed by atoms with Crippen LogP contribution in [0.2, 0.25) is 0 Å². The number of fused-ring (bicyclic) bond motifs is 5. The summed E-state index contributed by atoms with van der Waals surface area (Å²) in [5.74, 6) is -2.11. The molecule has 7 heteroatoms. The van der Waals surface area contributed by atoms with Crippen LogP contribution in [0.15, 0.2) is 60.7 Å². The van der Waals surface area contributed by atoms with Gasteiger partial charge in [-0.2, -0.15) is 0 Å². The Morgan fingerprint density at radius 1 is 1.05 bits per heavy atom. The van der Waals surface area contributed by atoms with Gasteiger partial charge in [0.15, 0.2) is 12.4 Å². The largest absolute Gasteiger partial charge is 0.458 e. The van der Waals surface area contributed by atoms with Gasteiger partial charge in [-0.1, -0.05) is 44.2 Å². The maximum atomic E-state index is 13.6. The van der Waals surface area contributed by atoms with E-state index < -0.39 is 41.3 Å². The fraction of sp³-hybridized carbons (Fsp3) is 0.333. The predicted octanol–water partition coefficient (Wildman–Crippen LogP) is 4.64. The molecule has 0 unspecified atom stereocenters. The Bertz CT molecular complexity index is 1440. The summed E-state index contributed by atoms with van der Waals surface area (Å²) in [7, 11) is 0. The van der Waals surface area contributed by atoms with Crippen LogP contribution in [0.4, 0.5) is 0 Å². The molecule has 0 radical (unpaired) electrons. The van der Waals surface area contributed by atoms with E-state index in [-0.39, 0.29) is 18.1 Å². The molecule has 7 nitrogen and oxygen atoms in total. The molecule has 5 rings (SSSR count). The molecule has 0 amide bonds. The molecule has 3 aromatic carbocycles. The monoisotopic (exact) mass is 500 g/mol. The van der Waals surface area contributed by atoms with E-state index in [4.69, 9.17) is 9.47 Å². The van der Waals surface area contributed by atoms with Crippen LogP contribution >= 0.6 is 0 Å². The number of aliphatic hydroxyl groups is 1. The van der Waals surface area contributed by atoms with E-state index >= 15 is 0 Å². The number of hydrogen-bond acceptors (Lipinski definition) is 7. The highest BCUT2D eigenvalue weighted by atomic mass is 16.5. The van der Waals surface area contributed by atoms with Crippen molar-refractivity contribution in [1.82, 2.24) is 0 Å².